The van der Waals surface area contributed by atoms with Crippen LogP contribution in [0, 0.1) is 5.92 Å². The lowest BCUT2D eigenvalue weighted by Crippen LogP contribution is -2.24. The van der Waals surface area contributed by atoms with Gasteiger partial charge >= 0.3 is 5.97 Å². The molecule has 0 spiro atoms. The van der Waals surface area contributed by atoms with Crippen molar-refractivity contribution in [2.75, 3.05) is 0 Å². The molecule has 2 nitrogen and oxygen atoms in total. The second-order valence-electron chi connectivity index (χ2n) is 10.5. The van der Waals surface area contributed by atoms with Gasteiger partial charge in [-0.25, -0.2) is 4.79 Å². The number of aryl methyl sites for hydroxylation is 1. The summed E-state index contributed by atoms with van der Waals surface area (Å²) in [4.78, 5) is 12.7. The molecule has 0 unspecified atom stereocenters. The van der Waals surface area contributed by atoms with Crippen molar-refractivity contribution in [3.63, 3.8) is 0 Å². The minimum absolute atomic E-state index is 0.0571. The number of carbonyl (C=O) groups is 1. The summed E-state index contributed by atoms with van der Waals surface area (Å²) >= 11 is 0. The summed E-state index contributed by atoms with van der Waals surface area (Å²) in [5.41, 5.74) is 4.97. The third-order valence-corrected chi connectivity index (χ3v) is 8.10. The van der Waals surface area contributed by atoms with E-state index in [2.05, 4.69) is 50.2 Å². The first kappa shape index (κ1) is 24.0. The largest absolute Gasteiger partial charge is 0.459 e. The Morgan fingerprint density at radius 2 is 1.27 bits per heavy atom. The van der Waals surface area contributed by atoms with Crippen LogP contribution >= 0.6 is 0 Å². The lowest BCUT2D eigenvalue weighted by Gasteiger charge is -2.29. The summed E-state index contributed by atoms with van der Waals surface area (Å²) in [5, 5.41) is 0. The van der Waals surface area contributed by atoms with Gasteiger partial charge in [0.2, 0.25) is 0 Å². The molecule has 0 saturated heterocycles. The number of ether oxygens (including phenoxy) is 1. The molecule has 0 bridgehead atoms. The molecule has 2 aromatic carbocycles. The van der Waals surface area contributed by atoms with E-state index in [1.807, 2.05) is 12.1 Å². The van der Waals surface area contributed by atoms with Crippen molar-refractivity contribution in [3.8, 4) is 0 Å². The molecule has 0 N–H and O–H groups in total. The molecule has 0 aliphatic heterocycles. The van der Waals surface area contributed by atoms with Crippen LogP contribution in [0.4, 0.5) is 0 Å². The highest BCUT2D eigenvalue weighted by Gasteiger charge is 2.26. The average molecular weight is 447 g/mol. The average Bonchev–Trinajstić information content (AvgIpc) is 2.86. The normalized spacial score (nSPS) is 25.5. The number of rotatable bonds is 8. The zero-order valence-corrected chi connectivity index (χ0v) is 20.7. The van der Waals surface area contributed by atoms with Gasteiger partial charge in [0.05, 0.1) is 5.56 Å². The van der Waals surface area contributed by atoms with E-state index in [0.29, 0.717) is 17.4 Å². The molecule has 0 heterocycles. The molecule has 0 radical (unpaired) electrons. The van der Waals surface area contributed by atoms with Crippen LogP contribution < -0.4 is 0 Å². The van der Waals surface area contributed by atoms with Crippen LogP contribution in [-0.2, 0) is 11.2 Å². The fraction of sp³-hybridized carbons (Fsp3) is 0.581. The van der Waals surface area contributed by atoms with Crippen molar-refractivity contribution in [1.29, 1.82) is 0 Å². The summed E-state index contributed by atoms with van der Waals surface area (Å²) < 4.78 is 5.90. The Kier molecular flexibility index (Phi) is 8.64. The zero-order chi connectivity index (χ0) is 23.0. The minimum Gasteiger partial charge on any atom is -0.459 e. The number of hydrogen-bond donors (Lipinski definition) is 0. The van der Waals surface area contributed by atoms with E-state index < -0.39 is 0 Å². The van der Waals surface area contributed by atoms with Crippen LogP contribution in [-0.4, -0.2) is 12.1 Å². The lowest BCUT2D eigenvalue weighted by atomic mass is 9.77. The van der Waals surface area contributed by atoms with Gasteiger partial charge in [-0.1, -0.05) is 69.5 Å². The third-order valence-electron chi connectivity index (χ3n) is 8.10. The highest BCUT2D eigenvalue weighted by molar-refractivity contribution is 5.89. The highest BCUT2D eigenvalue weighted by atomic mass is 16.5. The van der Waals surface area contributed by atoms with Crippen molar-refractivity contribution in [2.45, 2.75) is 109 Å². The Bertz CT molecular complexity index is 851. The van der Waals surface area contributed by atoms with Gasteiger partial charge in [0, 0.05) is 0 Å². The number of hydrogen-bond acceptors (Lipinski definition) is 2. The molecule has 33 heavy (non-hydrogen) atoms. The summed E-state index contributed by atoms with van der Waals surface area (Å²) in [7, 11) is 0. The van der Waals surface area contributed by atoms with Gasteiger partial charge in [0.15, 0.2) is 0 Å². The predicted octanol–water partition coefficient (Wildman–Crippen LogP) is 8.60. The fourth-order valence-corrected chi connectivity index (χ4v) is 6.06. The van der Waals surface area contributed by atoms with E-state index in [-0.39, 0.29) is 12.1 Å². The SMILES string of the molecule is CCCc1ccc([C@H]2CC[C@H](OC(=O)c3ccc([C@H]4CC[C@H](CCC)CC4)cc3)CC2)cc1. The van der Waals surface area contributed by atoms with E-state index in [9.17, 15) is 4.79 Å². The maximum absolute atomic E-state index is 12.7. The highest BCUT2D eigenvalue weighted by Crippen LogP contribution is 2.38. The Morgan fingerprint density at radius 1 is 0.727 bits per heavy atom. The molecule has 2 heteroatoms. The Hall–Kier alpha value is -2.09. The summed E-state index contributed by atoms with van der Waals surface area (Å²) in [6.07, 6.45) is 14.5. The topological polar surface area (TPSA) is 26.3 Å². The van der Waals surface area contributed by atoms with E-state index in [1.54, 1.807) is 0 Å². The lowest BCUT2D eigenvalue weighted by molar-refractivity contribution is 0.0195. The van der Waals surface area contributed by atoms with E-state index in [0.717, 1.165) is 38.0 Å². The molecule has 2 aliphatic rings. The number of esters is 1. The van der Waals surface area contributed by atoms with Crippen molar-refractivity contribution < 1.29 is 9.53 Å². The first-order chi connectivity index (χ1) is 16.2. The summed E-state index contributed by atoms with van der Waals surface area (Å²) in [6, 6.07) is 17.5. The van der Waals surface area contributed by atoms with Gasteiger partial charge in [-0.05, 0) is 104 Å². The molecule has 0 amide bonds. The van der Waals surface area contributed by atoms with Crippen LogP contribution in [0.25, 0.3) is 0 Å². The molecule has 2 aromatic rings. The maximum atomic E-state index is 12.7. The Morgan fingerprint density at radius 3 is 1.82 bits per heavy atom. The molecular formula is C31H42O2. The molecule has 2 aliphatic carbocycles. The Balaban J connectivity index is 1.23. The molecule has 2 fully saturated rings. The van der Waals surface area contributed by atoms with Crippen LogP contribution in [0.2, 0.25) is 0 Å². The standard InChI is InChI=1S/C31H42O2/c1-3-5-23-7-11-25(12-8-23)27-15-17-29(18-16-27)31(32)33-30-21-19-28(20-22-30)26-13-9-24(6-4-2)10-14-26/h9-10,13-18,23,25,28,30H,3-8,11-12,19-22H2,1-2H3/t23-,25-,28-,30-. The number of benzene rings is 2. The monoisotopic (exact) mass is 446 g/mol. The van der Waals surface area contributed by atoms with Gasteiger partial charge in [-0.15, -0.1) is 0 Å². The molecule has 2 saturated carbocycles. The van der Waals surface area contributed by atoms with E-state index >= 15 is 0 Å². The third kappa shape index (κ3) is 6.49. The molecule has 178 valence electrons. The van der Waals surface area contributed by atoms with Gasteiger partial charge in [-0.3, -0.25) is 0 Å². The van der Waals surface area contributed by atoms with Crippen LogP contribution in [0.3, 0.4) is 0 Å². The van der Waals surface area contributed by atoms with Gasteiger partial charge in [0.1, 0.15) is 6.10 Å². The van der Waals surface area contributed by atoms with Crippen molar-refractivity contribution in [2.24, 2.45) is 5.92 Å². The van der Waals surface area contributed by atoms with Gasteiger partial charge < -0.3 is 4.74 Å². The summed E-state index contributed by atoms with van der Waals surface area (Å²) in [6.45, 7) is 4.52. The first-order valence-electron chi connectivity index (χ1n) is 13.6. The maximum Gasteiger partial charge on any atom is 0.338 e. The number of carbonyl (C=O) groups excluding carboxylic acids is 1. The smallest absolute Gasteiger partial charge is 0.338 e. The predicted molar refractivity (Wildman–Crippen MR) is 137 cm³/mol. The molecule has 0 aromatic heterocycles. The molecule has 4 rings (SSSR count). The van der Waals surface area contributed by atoms with Crippen LogP contribution in [0.15, 0.2) is 48.5 Å². The van der Waals surface area contributed by atoms with Crippen LogP contribution in [0.5, 0.6) is 0 Å². The van der Waals surface area contributed by atoms with Gasteiger partial charge in [-0.2, -0.15) is 0 Å². The molecule has 0 atom stereocenters. The second kappa shape index (κ2) is 11.9. The molecular weight excluding hydrogens is 404 g/mol. The van der Waals surface area contributed by atoms with Crippen LogP contribution in [0.1, 0.15) is 123 Å². The fourth-order valence-electron chi connectivity index (χ4n) is 6.06. The minimum atomic E-state index is -0.152. The first-order valence-corrected chi connectivity index (χ1v) is 13.6. The summed E-state index contributed by atoms with van der Waals surface area (Å²) in [5.74, 6) is 2.04. The quantitative estimate of drug-likeness (QED) is 0.379. The van der Waals surface area contributed by atoms with E-state index in [1.165, 1.54) is 61.6 Å². The van der Waals surface area contributed by atoms with Crippen molar-refractivity contribution >= 4 is 5.97 Å². The zero-order valence-electron chi connectivity index (χ0n) is 20.7. The Labute approximate surface area is 201 Å². The van der Waals surface area contributed by atoms with Crippen molar-refractivity contribution in [1.82, 2.24) is 0 Å². The van der Waals surface area contributed by atoms with E-state index in [4.69, 9.17) is 4.74 Å². The van der Waals surface area contributed by atoms with Crippen molar-refractivity contribution in [3.05, 3.63) is 70.8 Å². The second-order valence-corrected chi connectivity index (χ2v) is 10.5. The van der Waals surface area contributed by atoms with Gasteiger partial charge in [0.25, 0.3) is 0 Å².